The van der Waals surface area contributed by atoms with E-state index in [1.807, 2.05) is 0 Å². The van der Waals surface area contributed by atoms with Gasteiger partial charge < -0.3 is 15.2 Å². The SMILES string of the molecule is COc1c(C(N)C2CCOCC2)ccc(C)c1C. The van der Waals surface area contributed by atoms with Crippen LogP contribution in [0.15, 0.2) is 12.1 Å². The standard InChI is InChI=1S/C15H23NO2/c1-10-4-5-13(15(17-3)11(10)2)14(16)12-6-8-18-9-7-12/h4-5,12,14H,6-9,16H2,1-3H3. The van der Waals surface area contributed by atoms with Crippen LogP contribution in [-0.4, -0.2) is 20.3 Å². The number of rotatable bonds is 3. The molecule has 1 saturated heterocycles. The summed E-state index contributed by atoms with van der Waals surface area (Å²) in [6.45, 7) is 5.84. The van der Waals surface area contributed by atoms with Crippen LogP contribution in [0.3, 0.4) is 0 Å². The molecule has 1 aliphatic rings. The zero-order valence-electron chi connectivity index (χ0n) is 11.5. The summed E-state index contributed by atoms with van der Waals surface area (Å²) < 4.78 is 11.0. The third kappa shape index (κ3) is 2.52. The topological polar surface area (TPSA) is 44.5 Å². The zero-order valence-corrected chi connectivity index (χ0v) is 11.5. The van der Waals surface area contributed by atoms with Gasteiger partial charge in [0.15, 0.2) is 0 Å². The fraction of sp³-hybridized carbons (Fsp3) is 0.600. The van der Waals surface area contributed by atoms with E-state index in [1.165, 1.54) is 11.1 Å². The molecule has 3 heteroatoms. The van der Waals surface area contributed by atoms with Gasteiger partial charge in [-0.1, -0.05) is 12.1 Å². The first kappa shape index (κ1) is 13.4. The van der Waals surface area contributed by atoms with Gasteiger partial charge in [0.05, 0.1) is 7.11 Å². The van der Waals surface area contributed by atoms with E-state index < -0.39 is 0 Å². The molecule has 0 aromatic heterocycles. The van der Waals surface area contributed by atoms with Crippen molar-refractivity contribution in [2.45, 2.75) is 32.7 Å². The minimum Gasteiger partial charge on any atom is -0.496 e. The van der Waals surface area contributed by atoms with Gasteiger partial charge in [0.25, 0.3) is 0 Å². The van der Waals surface area contributed by atoms with Gasteiger partial charge in [-0.25, -0.2) is 0 Å². The normalized spacial score (nSPS) is 18.7. The third-order valence-electron chi connectivity index (χ3n) is 4.04. The first-order valence-corrected chi connectivity index (χ1v) is 6.62. The number of hydrogen-bond donors (Lipinski definition) is 1. The summed E-state index contributed by atoms with van der Waals surface area (Å²) in [7, 11) is 1.72. The Morgan fingerprint density at radius 2 is 1.94 bits per heavy atom. The molecule has 0 amide bonds. The highest BCUT2D eigenvalue weighted by molar-refractivity contribution is 5.46. The van der Waals surface area contributed by atoms with Crippen molar-refractivity contribution in [2.75, 3.05) is 20.3 Å². The monoisotopic (exact) mass is 249 g/mol. The Kier molecular flexibility index (Phi) is 4.25. The van der Waals surface area contributed by atoms with Crippen LogP contribution in [0.4, 0.5) is 0 Å². The number of nitrogens with two attached hydrogens (primary N) is 1. The maximum absolute atomic E-state index is 6.43. The summed E-state index contributed by atoms with van der Waals surface area (Å²) in [5.74, 6) is 1.45. The van der Waals surface area contributed by atoms with Crippen molar-refractivity contribution in [3.63, 3.8) is 0 Å². The van der Waals surface area contributed by atoms with E-state index in [4.69, 9.17) is 15.2 Å². The lowest BCUT2D eigenvalue weighted by molar-refractivity contribution is 0.0581. The lowest BCUT2D eigenvalue weighted by Gasteiger charge is -2.29. The minimum atomic E-state index is 0.0446. The Morgan fingerprint density at radius 1 is 1.28 bits per heavy atom. The summed E-state index contributed by atoms with van der Waals surface area (Å²) in [6, 6.07) is 4.29. The zero-order chi connectivity index (χ0) is 13.1. The second kappa shape index (κ2) is 5.72. The molecule has 100 valence electrons. The molecule has 1 aliphatic heterocycles. The maximum Gasteiger partial charge on any atom is 0.126 e. The van der Waals surface area contributed by atoms with Crippen LogP contribution < -0.4 is 10.5 Å². The van der Waals surface area contributed by atoms with Crippen LogP contribution in [-0.2, 0) is 4.74 Å². The molecule has 2 rings (SSSR count). The molecule has 1 unspecified atom stereocenters. The molecule has 3 nitrogen and oxygen atoms in total. The predicted octanol–water partition coefficient (Wildman–Crippen LogP) is 2.74. The number of methoxy groups -OCH3 is 1. The molecular weight excluding hydrogens is 226 g/mol. The van der Waals surface area contributed by atoms with E-state index >= 15 is 0 Å². The van der Waals surface area contributed by atoms with Crippen LogP contribution in [0.25, 0.3) is 0 Å². The molecule has 2 N–H and O–H groups in total. The molecule has 0 aliphatic carbocycles. The van der Waals surface area contributed by atoms with Gasteiger partial charge >= 0.3 is 0 Å². The first-order valence-electron chi connectivity index (χ1n) is 6.62. The highest BCUT2D eigenvalue weighted by Gasteiger charge is 2.25. The van der Waals surface area contributed by atoms with Gasteiger partial charge in [-0.15, -0.1) is 0 Å². The predicted molar refractivity (Wildman–Crippen MR) is 72.9 cm³/mol. The number of aryl methyl sites for hydroxylation is 1. The molecule has 18 heavy (non-hydrogen) atoms. The molecule has 1 aromatic rings. The van der Waals surface area contributed by atoms with Crippen molar-refractivity contribution in [3.05, 3.63) is 28.8 Å². The molecule has 0 spiro atoms. The minimum absolute atomic E-state index is 0.0446. The van der Waals surface area contributed by atoms with E-state index in [2.05, 4.69) is 26.0 Å². The van der Waals surface area contributed by atoms with Gasteiger partial charge in [0.1, 0.15) is 5.75 Å². The highest BCUT2D eigenvalue weighted by atomic mass is 16.5. The molecule has 1 heterocycles. The van der Waals surface area contributed by atoms with Crippen molar-refractivity contribution in [2.24, 2.45) is 11.7 Å². The molecule has 1 aromatic carbocycles. The molecule has 0 saturated carbocycles. The van der Waals surface area contributed by atoms with E-state index in [1.54, 1.807) is 7.11 Å². The summed E-state index contributed by atoms with van der Waals surface area (Å²) in [6.07, 6.45) is 2.08. The van der Waals surface area contributed by atoms with Crippen molar-refractivity contribution in [1.29, 1.82) is 0 Å². The van der Waals surface area contributed by atoms with Gasteiger partial charge in [-0.3, -0.25) is 0 Å². The van der Waals surface area contributed by atoms with Crippen molar-refractivity contribution in [3.8, 4) is 5.75 Å². The van der Waals surface area contributed by atoms with Gasteiger partial charge in [-0.05, 0) is 43.7 Å². The van der Waals surface area contributed by atoms with E-state index in [-0.39, 0.29) is 6.04 Å². The first-order chi connectivity index (χ1) is 8.65. The van der Waals surface area contributed by atoms with Crippen molar-refractivity contribution < 1.29 is 9.47 Å². The molecule has 0 radical (unpaired) electrons. The summed E-state index contributed by atoms with van der Waals surface area (Å²) >= 11 is 0. The number of ether oxygens (including phenoxy) is 2. The Morgan fingerprint density at radius 3 is 2.56 bits per heavy atom. The van der Waals surface area contributed by atoms with E-state index in [0.29, 0.717) is 5.92 Å². The fourth-order valence-corrected chi connectivity index (χ4v) is 2.67. The van der Waals surface area contributed by atoms with Gasteiger partial charge in [0.2, 0.25) is 0 Å². The second-order valence-corrected chi connectivity index (χ2v) is 5.11. The second-order valence-electron chi connectivity index (χ2n) is 5.11. The van der Waals surface area contributed by atoms with Gasteiger partial charge in [-0.2, -0.15) is 0 Å². The van der Waals surface area contributed by atoms with Crippen LogP contribution in [0, 0.1) is 19.8 Å². The lowest BCUT2D eigenvalue weighted by atomic mass is 9.86. The summed E-state index contributed by atoms with van der Waals surface area (Å²) in [4.78, 5) is 0. The van der Waals surface area contributed by atoms with Crippen molar-refractivity contribution in [1.82, 2.24) is 0 Å². The fourth-order valence-electron chi connectivity index (χ4n) is 2.67. The Balaban J connectivity index is 2.28. The lowest BCUT2D eigenvalue weighted by Crippen LogP contribution is -2.28. The van der Waals surface area contributed by atoms with E-state index in [0.717, 1.165) is 37.4 Å². The Bertz CT molecular complexity index is 411. The summed E-state index contributed by atoms with van der Waals surface area (Å²) in [5, 5.41) is 0. The molecule has 0 bridgehead atoms. The average molecular weight is 249 g/mol. The smallest absolute Gasteiger partial charge is 0.126 e. The number of benzene rings is 1. The largest absolute Gasteiger partial charge is 0.496 e. The number of hydrogen-bond acceptors (Lipinski definition) is 3. The quantitative estimate of drug-likeness (QED) is 0.895. The van der Waals surface area contributed by atoms with Crippen LogP contribution in [0.2, 0.25) is 0 Å². The molecule has 1 atom stereocenters. The van der Waals surface area contributed by atoms with Crippen LogP contribution >= 0.6 is 0 Å². The average Bonchev–Trinajstić information content (AvgIpc) is 2.42. The Labute approximate surface area is 109 Å². The highest BCUT2D eigenvalue weighted by Crippen LogP contribution is 2.36. The molecule has 1 fully saturated rings. The van der Waals surface area contributed by atoms with Crippen molar-refractivity contribution >= 4 is 0 Å². The van der Waals surface area contributed by atoms with Crippen LogP contribution in [0.5, 0.6) is 5.75 Å². The van der Waals surface area contributed by atoms with E-state index in [9.17, 15) is 0 Å². The van der Waals surface area contributed by atoms with Crippen LogP contribution in [0.1, 0.15) is 35.6 Å². The third-order valence-corrected chi connectivity index (χ3v) is 4.04. The molecular formula is C15H23NO2. The van der Waals surface area contributed by atoms with Gasteiger partial charge in [0, 0.05) is 24.8 Å². The maximum atomic E-state index is 6.43. The summed E-state index contributed by atoms with van der Waals surface area (Å²) in [5.41, 5.74) is 10.00. The Hall–Kier alpha value is -1.06.